The first-order valence-electron chi connectivity index (χ1n) is 6.91. The molecule has 0 saturated carbocycles. The molecule has 7 heteroatoms. The fourth-order valence-corrected chi connectivity index (χ4v) is 3.55. The molecule has 0 aromatic heterocycles. The van der Waals surface area contributed by atoms with E-state index in [2.05, 4.69) is 5.32 Å². The van der Waals surface area contributed by atoms with Crippen molar-refractivity contribution < 1.29 is 17.9 Å². The van der Waals surface area contributed by atoms with Gasteiger partial charge in [0.15, 0.2) is 0 Å². The van der Waals surface area contributed by atoms with Gasteiger partial charge in [-0.25, -0.2) is 8.42 Å². The number of hydrogen-bond donors (Lipinski definition) is 1. The van der Waals surface area contributed by atoms with Crippen molar-refractivity contribution in [3.05, 3.63) is 23.3 Å². The highest BCUT2D eigenvalue weighted by atomic mass is 35.7. The highest BCUT2D eigenvalue weighted by Crippen LogP contribution is 2.33. The third-order valence-electron chi connectivity index (χ3n) is 3.35. The number of carbonyl (C=O) groups is 1. The zero-order valence-electron chi connectivity index (χ0n) is 11.8. The van der Waals surface area contributed by atoms with Crippen LogP contribution in [0.2, 0.25) is 0 Å². The van der Waals surface area contributed by atoms with Gasteiger partial charge in [-0.2, -0.15) is 0 Å². The standard InChI is InChI=1S/C14H18ClNO4S/c1-2-20-13(17)6-5-10-8-11-4-3-7-16-14(11)12(9-10)21(15,18)19/h8-9,16H,2-7H2,1H3. The largest absolute Gasteiger partial charge is 0.466 e. The van der Waals surface area contributed by atoms with Crippen LogP contribution in [0.5, 0.6) is 0 Å². The van der Waals surface area contributed by atoms with Crippen LogP contribution >= 0.6 is 10.7 Å². The minimum absolute atomic E-state index is 0.0974. The predicted molar refractivity (Wildman–Crippen MR) is 81.2 cm³/mol. The summed E-state index contributed by atoms with van der Waals surface area (Å²) in [5.74, 6) is -0.288. The van der Waals surface area contributed by atoms with Gasteiger partial charge in [0.05, 0.1) is 12.3 Å². The molecule has 1 heterocycles. The van der Waals surface area contributed by atoms with Gasteiger partial charge in [0.1, 0.15) is 4.90 Å². The first-order valence-corrected chi connectivity index (χ1v) is 9.22. The van der Waals surface area contributed by atoms with E-state index in [4.69, 9.17) is 15.4 Å². The SMILES string of the molecule is CCOC(=O)CCc1cc2c(c(S(=O)(=O)Cl)c1)NCCC2. The van der Waals surface area contributed by atoms with Crippen LogP contribution in [0.25, 0.3) is 0 Å². The number of rotatable bonds is 5. The molecule has 21 heavy (non-hydrogen) atoms. The Balaban J connectivity index is 2.29. The summed E-state index contributed by atoms with van der Waals surface area (Å²) in [6, 6.07) is 3.48. The van der Waals surface area contributed by atoms with E-state index in [0.29, 0.717) is 18.7 Å². The van der Waals surface area contributed by atoms with Gasteiger partial charge in [-0.3, -0.25) is 4.79 Å². The van der Waals surface area contributed by atoms with Gasteiger partial charge in [0, 0.05) is 23.6 Å². The average Bonchev–Trinajstić information content (AvgIpc) is 2.43. The molecule has 1 aromatic rings. The van der Waals surface area contributed by atoms with Crippen molar-refractivity contribution in [3.63, 3.8) is 0 Å². The summed E-state index contributed by atoms with van der Waals surface area (Å²) in [6.45, 7) is 2.82. The number of esters is 1. The van der Waals surface area contributed by atoms with Crippen molar-refractivity contribution in [1.29, 1.82) is 0 Å². The Kier molecular flexibility index (Phi) is 5.11. The smallest absolute Gasteiger partial charge is 0.306 e. The second-order valence-corrected chi connectivity index (χ2v) is 7.44. The lowest BCUT2D eigenvalue weighted by atomic mass is 9.99. The zero-order valence-corrected chi connectivity index (χ0v) is 13.4. The normalized spacial score (nSPS) is 14.2. The van der Waals surface area contributed by atoms with Crippen molar-refractivity contribution >= 4 is 31.4 Å². The maximum absolute atomic E-state index is 11.7. The van der Waals surface area contributed by atoms with Crippen LogP contribution in [0.1, 0.15) is 30.9 Å². The lowest BCUT2D eigenvalue weighted by Crippen LogP contribution is -2.15. The first-order chi connectivity index (χ1) is 9.91. The molecule has 1 aliphatic rings. The van der Waals surface area contributed by atoms with Crippen molar-refractivity contribution in [3.8, 4) is 0 Å². The molecule has 0 bridgehead atoms. The molecule has 116 valence electrons. The van der Waals surface area contributed by atoms with E-state index in [1.165, 1.54) is 0 Å². The average molecular weight is 332 g/mol. The molecule has 0 radical (unpaired) electrons. The topological polar surface area (TPSA) is 72.5 Å². The monoisotopic (exact) mass is 331 g/mol. The van der Waals surface area contributed by atoms with E-state index in [-0.39, 0.29) is 17.3 Å². The quantitative estimate of drug-likeness (QED) is 0.663. The summed E-state index contributed by atoms with van der Waals surface area (Å²) in [6.07, 6.45) is 2.40. The molecule has 0 unspecified atom stereocenters. The Labute approximate surface area is 129 Å². The summed E-state index contributed by atoms with van der Waals surface area (Å²) in [4.78, 5) is 11.5. The number of carbonyl (C=O) groups excluding carboxylic acids is 1. The van der Waals surface area contributed by atoms with Gasteiger partial charge >= 0.3 is 5.97 Å². The second-order valence-electron chi connectivity index (χ2n) is 4.90. The molecule has 2 rings (SSSR count). The summed E-state index contributed by atoms with van der Waals surface area (Å²) in [5.41, 5.74) is 2.31. The highest BCUT2D eigenvalue weighted by Gasteiger charge is 2.22. The second kappa shape index (κ2) is 6.66. The van der Waals surface area contributed by atoms with Crippen LogP contribution in [0.15, 0.2) is 17.0 Å². The Morgan fingerprint density at radius 3 is 2.86 bits per heavy atom. The van der Waals surface area contributed by atoms with Gasteiger partial charge < -0.3 is 10.1 Å². The maximum Gasteiger partial charge on any atom is 0.306 e. The molecule has 0 amide bonds. The van der Waals surface area contributed by atoms with E-state index < -0.39 is 9.05 Å². The number of anilines is 1. The number of ether oxygens (including phenoxy) is 1. The summed E-state index contributed by atoms with van der Waals surface area (Å²) in [5, 5.41) is 3.09. The van der Waals surface area contributed by atoms with E-state index in [9.17, 15) is 13.2 Å². The van der Waals surface area contributed by atoms with Crippen molar-refractivity contribution in [2.75, 3.05) is 18.5 Å². The van der Waals surface area contributed by atoms with Crippen LogP contribution < -0.4 is 5.32 Å². The van der Waals surface area contributed by atoms with Gasteiger partial charge in [-0.1, -0.05) is 6.07 Å². The van der Waals surface area contributed by atoms with Crippen LogP contribution in [0, 0.1) is 0 Å². The molecule has 1 N–H and O–H groups in total. The van der Waals surface area contributed by atoms with Crippen LogP contribution in [0.4, 0.5) is 5.69 Å². The van der Waals surface area contributed by atoms with Gasteiger partial charge in [0.25, 0.3) is 9.05 Å². The molecule has 0 fully saturated rings. The number of nitrogens with one attached hydrogen (secondary N) is 1. The lowest BCUT2D eigenvalue weighted by Gasteiger charge is -2.21. The number of fused-ring (bicyclic) bond motifs is 1. The Bertz CT molecular complexity index is 643. The van der Waals surface area contributed by atoms with Gasteiger partial charge in [-0.15, -0.1) is 0 Å². The number of hydrogen-bond acceptors (Lipinski definition) is 5. The molecular formula is C14H18ClNO4S. The molecule has 0 aliphatic carbocycles. The van der Waals surface area contributed by atoms with E-state index >= 15 is 0 Å². The number of halogens is 1. The fourth-order valence-electron chi connectivity index (χ4n) is 2.44. The number of aryl methyl sites for hydroxylation is 2. The third kappa shape index (κ3) is 4.11. The minimum atomic E-state index is -3.82. The fraction of sp³-hybridized carbons (Fsp3) is 0.500. The maximum atomic E-state index is 11.7. The Hall–Kier alpha value is -1.27. The lowest BCUT2D eigenvalue weighted by molar-refractivity contribution is -0.143. The molecular weight excluding hydrogens is 314 g/mol. The van der Waals surface area contributed by atoms with Crippen LogP contribution in [-0.4, -0.2) is 27.5 Å². The van der Waals surface area contributed by atoms with E-state index in [1.807, 2.05) is 6.07 Å². The van der Waals surface area contributed by atoms with Crippen molar-refractivity contribution in [2.24, 2.45) is 0 Å². The first kappa shape index (κ1) is 16.1. The summed E-state index contributed by atoms with van der Waals surface area (Å²) >= 11 is 0. The van der Waals surface area contributed by atoms with Crippen LogP contribution in [0.3, 0.4) is 0 Å². The molecule has 5 nitrogen and oxygen atoms in total. The zero-order chi connectivity index (χ0) is 15.5. The molecule has 0 atom stereocenters. The molecule has 1 aliphatic heterocycles. The minimum Gasteiger partial charge on any atom is -0.466 e. The summed E-state index contributed by atoms with van der Waals surface area (Å²) < 4.78 is 28.3. The van der Waals surface area contributed by atoms with Gasteiger partial charge in [-0.05, 0) is 43.4 Å². The van der Waals surface area contributed by atoms with E-state index in [1.54, 1.807) is 13.0 Å². The van der Waals surface area contributed by atoms with Crippen LogP contribution in [-0.2, 0) is 31.4 Å². The molecule has 1 aromatic carbocycles. The van der Waals surface area contributed by atoms with Crippen molar-refractivity contribution in [2.45, 2.75) is 37.5 Å². The third-order valence-corrected chi connectivity index (χ3v) is 4.70. The van der Waals surface area contributed by atoms with Gasteiger partial charge in [0.2, 0.25) is 0 Å². The van der Waals surface area contributed by atoms with E-state index in [0.717, 1.165) is 30.5 Å². The molecule has 0 saturated heterocycles. The highest BCUT2D eigenvalue weighted by molar-refractivity contribution is 8.13. The Morgan fingerprint density at radius 1 is 1.43 bits per heavy atom. The Morgan fingerprint density at radius 2 is 2.19 bits per heavy atom. The predicted octanol–water partition coefficient (Wildman–Crippen LogP) is 2.47. The summed E-state index contributed by atoms with van der Waals surface area (Å²) in [7, 11) is 1.70. The molecule has 0 spiro atoms. The number of benzene rings is 1. The van der Waals surface area contributed by atoms with Crippen molar-refractivity contribution in [1.82, 2.24) is 0 Å².